The molecule has 0 aliphatic rings. The van der Waals surface area contributed by atoms with E-state index in [4.69, 9.17) is 0 Å². The van der Waals surface area contributed by atoms with Crippen molar-refractivity contribution in [1.82, 2.24) is 9.97 Å². The second-order valence-corrected chi connectivity index (χ2v) is 4.75. The van der Waals surface area contributed by atoms with Gasteiger partial charge < -0.3 is 5.32 Å². The number of rotatable bonds is 3. The SMILES string of the molecule is CC(Nc1cccc(I)c1)c1cnccn1. The molecule has 1 atom stereocenters. The fourth-order valence-corrected chi connectivity index (χ4v) is 1.98. The van der Waals surface area contributed by atoms with Crippen molar-refractivity contribution in [3.63, 3.8) is 0 Å². The van der Waals surface area contributed by atoms with Crippen molar-refractivity contribution in [2.75, 3.05) is 5.32 Å². The van der Waals surface area contributed by atoms with E-state index in [1.54, 1.807) is 18.6 Å². The van der Waals surface area contributed by atoms with E-state index in [0.29, 0.717) is 0 Å². The van der Waals surface area contributed by atoms with Gasteiger partial charge >= 0.3 is 0 Å². The topological polar surface area (TPSA) is 37.8 Å². The zero-order valence-corrected chi connectivity index (χ0v) is 11.0. The molecule has 1 N–H and O–H groups in total. The lowest BCUT2D eigenvalue weighted by Crippen LogP contribution is -2.08. The van der Waals surface area contributed by atoms with Gasteiger partial charge in [0.25, 0.3) is 0 Å². The summed E-state index contributed by atoms with van der Waals surface area (Å²) in [6.07, 6.45) is 5.18. The Morgan fingerprint density at radius 3 is 2.88 bits per heavy atom. The molecular weight excluding hydrogens is 313 g/mol. The maximum Gasteiger partial charge on any atom is 0.0806 e. The van der Waals surface area contributed by atoms with E-state index in [-0.39, 0.29) is 6.04 Å². The minimum absolute atomic E-state index is 0.159. The molecule has 82 valence electrons. The van der Waals surface area contributed by atoms with Crippen LogP contribution in [0.1, 0.15) is 18.7 Å². The molecule has 0 saturated heterocycles. The van der Waals surface area contributed by atoms with E-state index in [0.717, 1.165) is 11.4 Å². The van der Waals surface area contributed by atoms with Crippen LogP contribution in [-0.2, 0) is 0 Å². The van der Waals surface area contributed by atoms with Gasteiger partial charge in [0, 0.05) is 21.7 Å². The lowest BCUT2D eigenvalue weighted by molar-refractivity contribution is 0.827. The Hall–Kier alpha value is -1.17. The van der Waals surface area contributed by atoms with E-state index in [1.165, 1.54) is 3.57 Å². The van der Waals surface area contributed by atoms with Gasteiger partial charge in [-0.15, -0.1) is 0 Å². The second kappa shape index (κ2) is 5.25. The number of nitrogens with zero attached hydrogens (tertiary/aromatic N) is 2. The van der Waals surface area contributed by atoms with Crippen molar-refractivity contribution < 1.29 is 0 Å². The van der Waals surface area contributed by atoms with Crippen LogP contribution in [0.15, 0.2) is 42.9 Å². The van der Waals surface area contributed by atoms with Gasteiger partial charge in [-0.1, -0.05) is 6.07 Å². The van der Waals surface area contributed by atoms with Gasteiger partial charge in [-0.2, -0.15) is 0 Å². The molecule has 0 aliphatic carbocycles. The quantitative estimate of drug-likeness (QED) is 0.881. The maximum atomic E-state index is 4.27. The first kappa shape index (κ1) is 11.3. The minimum atomic E-state index is 0.159. The van der Waals surface area contributed by atoms with Crippen molar-refractivity contribution in [3.05, 3.63) is 52.1 Å². The van der Waals surface area contributed by atoms with Crippen LogP contribution in [0.5, 0.6) is 0 Å². The Morgan fingerprint density at radius 2 is 2.19 bits per heavy atom. The molecule has 1 unspecified atom stereocenters. The number of aromatic nitrogens is 2. The molecule has 0 saturated carbocycles. The molecule has 0 fully saturated rings. The van der Waals surface area contributed by atoms with Crippen LogP contribution in [0.4, 0.5) is 5.69 Å². The molecule has 3 nitrogen and oxygen atoms in total. The molecule has 0 aliphatic heterocycles. The van der Waals surface area contributed by atoms with E-state index >= 15 is 0 Å². The number of benzene rings is 1. The fraction of sp³-hybridized carbons (Fsp3) is 0.167. The summed E-state index contributed by atoms with van der Waals surface area (Å²) in [5, 5.41) is 3.39. The van der Waals surface area contributed by atoms with Crippen molar-refractivity contribution in [2.45, 2.75) is 13.0 Å². The van der Waals surface area contributed by atoms with Gasteiger partial charge in [0.1, 0.15) is 0 Å². The van der Waals surface area contributed by atoms with Crippen LogP contribution in [0, 0.1) is 3.57 Å². The average molecular weight is 325 g/mol. The Balaban J connectivity index is 2.11. The molecule has 0 radical (unpaired) electrons. The van der Waals surface area contributed by atoms with Crippen molar-refractivity contribution in [2.24, 2.45) is 0 Å². The average Bonchev–Trinajstić information content (AvgIpc) is 2.30. The molecule has 4 heteroatoms. The van der Waals surface area contributed by atoms with Gasteiger partial charge in [-0.05, 0) is 47.7 Å². The number of hydrogen-bond acceptors (Lipinski definition) is 3. The smallest absolute Gasteiger partial charge is 0.0806 e. The van der Waals surface area contributed by atoms with Crippen LogP contribution in [0.3, 0.4) is 0 Å². The first-order chi connectivity index (χ1) is 7.75. The summed E-state index contributed by atoms with van der Waals surface area (Å²) in [4.78, 5) is 8.33. The summed E-state index contributed by atoms with van der Waals surface area (Å²) in [6.45, 7) is 2.07. The Kier molecular flexibility index (Phi) is 3.71. The summed E-state index contributed by atoms with van der Waals surface area (Å²) in [6, 6.07) is 8.42. The Labute approximate surface area is 108 Å². The molecule has 2 rings (SSSR count). The van der Waals surface area contributed by atoms with Crippen LogP contribution in [0.2, 0.25) is 0 Å². The second-order valence-electron chi connectivity index (χ2n) is 3.51. The molecular formula is C12H12IN3. The van der Waals surface area contributed by atoms with E-state index in [9.17, 15) is 0 Å². The molecule has 16 heavy (non-hydrogen) atoms. The van der Waals surface area contributed by atoms with Crippen LogP contribution in [-0.4, -0.2) is 9.97 Å². The van der Waals surface area contributed by atoms with Gasteiger partial charge in [0.15, 0.2) is 0 Å². The number of halogens is 1. The molecule has 1 aromatic heterocycles. The van der Waals surface area contributed by atoms with E-state index in [2.05, 4.69) is 63.0 Å². The monoisotopic (exact) mass is 325 g/mol. The standard InChI is InChI=1S/C12H12IN3/c1-9(12-8-14-5-6-15-12)16-11-4-2-3-10(13)7-11/h2-9,16H,1H3. The van der Waals surface area contributed by atoms with Crippen LogP contribution in [0.25, 0.3) is 0 Å². The van der Waals surface area contributed by atoms with Gasteiger partial charge in [-0.25, -0.2) is 0 Å². The number of nitrogens with one attached hydrogen (secondary N) is 1. The van der Waals surface area contributed by atoms with Gasteiger partial charge in [0.2, 0.25) is 0 Å². The molecule has 1 aromatic carbocycles. The Bertz CT molecular complexity index is 459. The highest BCUT2D eigenvalue weighted by Crippen LogP contribution is 2.18. The predicted octanol–water partition coefficient (Wildman–Crippen LogP) is 3.25. The van der Waals surface area contributed by atoms with E-state index in [1.807, 2.05) is 6.07 Å². The van der Waals surface area contributed by atoms with E-state index < -0.39 is 0 Å². The van der Waals surface area contributed by atoms with Crippen LogP contribution < -0.4 is 5.32 Å². The molecule has 0 spiro atoms. The first-order valence-electron chi connectivity index (χ1n) is 5.04. The summed E-state index contributed by atoms with van der Waals surface area (Å²) >= 11 is 2.30. The normalized spacial score (nSPS) is 12.1. The number of hydrogen-bond donors (Lipinski definition) is 1. The van der Waals surface area contributed by atoms with Gasteiger partial charge in [0.05, 0.1) is 17.9 Å². The highest BCUT2D eigenvalue weighted by atomic mass is 127. The molecule has 2 aromatic rings. The molecule has 0 amide bonds. The highest BCUT2D eigenvalue weighted by molar-refractivity contribution is 14.1. The highest BCUT2D eigenvalue weighted by Gasteiger charge is 2.06. The van der Waals surface area contributed by atoms with Crippen LogP contribution >= 0.6 is 22.6 Å². The summed E-state index contributed by atoms with van der Waals surface area (Å²) in [5.74, 6) is 0. The summed E-state index contributed by atoms with van der Waals surface area (Å²) in [5.41, 5.74) is 2.05. The third-order valence-corrected chi connectivity index (χ3v) is 2.91. The third-order valence-electron chi connectivity index (χ3n) is 2.23. The summed E-state index contributed by atoms with van der Waals surface area (Å²) < 4.78 is 1.22. The maximum absolute atomic E-state index is 4.27. The largest absolute Gasteiger partial charge is 0.377 e. The fourth-order valence-electron chi connectivity index (χ4n) is 1.44. The van der Waals surface area contributed by atoms with Crippen molar-refractivity contribution >= 4 is 28.3 Å². The molecule has 0 bridgehead atoms. The lowest BCUT2D eigenvalue weighted by Gasteiger charge is -2.14. The Morgan fingerprint density at radius 1 is 1.31 bits per heavy atom. The van der Waals surface area contributed by atoms with Crippen molar-refractivity contribution in [1.29, 1.82) is 0 Å². The minimum Gasteiger partial charge on any atom is -0.377 e. The summed E-state index contributed by atoms with van der Waals surface area (Å²) in [7, 11) is 0. The number of anilines is 1. The zero-order valence-electron chi connectivity index (χ0n) is 8.89. The predicted molar refractivity (Wildman–Crippen MR) is 73.2 cm³/mol. The zero-order chi connectivity index (χ0) is 11.4. The molecule has 1 heterocycles. The first-order valence-corrected chi connectivity index (χ1v) is 6.11. The lowest BCUT2D eigenvalue weighted by atomic mass is 10.2. The van der Waals surface area contributed by atoms with Gasteiger partial charge in [-0.3, -0.25) is 9.97 Å². The third kappa shape index (κ3) is 2.91. The van der Waals surface area contributed by atoms with Crippen molar-refractivity contribution in [3.8, 4) is 0 Å².